The summed E-state index contributed by atoms with van der Waals surface area (Å²) >= 11 is 1.81. The van der Waals surface area contributed by atoms with E-state index >= 15 is 0 Å². The van der Waals surface area contributed by atoms with Gasteiger partial charge in [-0.05, 0) is 43.8 Å². The number of likely N-dealkylation sites (tertiary alicyclic amines) is 1. The zero-order chi connectivity index (χ0) is 13.5. The van der Waals surface area contributed by atoms with E-state index < -0.39 is 0 Å². The molecule has 0 aliphatic carbocycles. The van der Waals surface area contributed by atoms with Crippen molar-refractivity contribution in [3.05, 3.63) is 29.8 Å². The van der Waals surface area contributed by atoms with E-state index in [1.807, 2.05) is 23.9 Å². The summed E-state index contributed by atoms with van der Waals surface area (Å²) < 4.78 is 0. The van der Waals surface area contributed by atoms with Crippen molar-refractivity contribution in [2.75, 3.05) is 25.4 Å². The number of hydrogen-bond acceptors (Lipinski definition) is 3. The van der Waals surface area contributed by atoms with Crippen molar-refractivity contribution < 1.29 is 4.79 Å². The zero-order valence-corrected chi connectivity index (χ0v) is 12.5. The van der Waals surface area contributed by atoms with Gasteiger partial charge in [-0.25, -0.2) is 0 Å². The van der Waals surface area contributed by atoms with Crippen LogP contribution in [0.15, 0.2) is 29.2 Å². The Bertz CT molecular complexity index is 396. The van der Waals surface area contributed by atoms with E-state index in [0.29, 0.717) is 6.42 Å². The topological polar surface area (TPSA) is 20.3 Å². The summed E-state index contributed by atoms with van der Waals surface area (Å²) in [5.41, 5.74) is 0.859. The predicted molar refractivity (Wildman–Crippen MR) is 82.1 cm³/mol. The Morgan fingerprint density at radius 2 is 1.84 bits per heavy atom. The molecule has 2 rings (SSSR count). The number of rotatable bonds is 6. The number of thioether (sulfide) groups is 1. The highest BCUT2D eigenvalue weighted by Crippen LogP contribution is 2.18. The van der Waals surface area contributed by atoms with E-state index in [4.69, 9.17) is 0 Å². The van der Waals surface area contributed by atoms with Crippen LogP contribution >= 0.6 is 11.8 Å². The standard InChI is InChI=1S/C16H23NOS/c1-2-19-15-8-6-14(7-9-15)16(18)10-13-17-11-4-3-5-12-17/h6-9H,2-5,10-13H2,1H3. The van der Waals surface area contributed by atoms with Crippen LogP contribution in [0.3, 0.4) is 0 Å². The van der Waals surface area contributed by atoms with Crippen LogP contribution in [0, 0.1) is 0 Å². The Morgan fingerprint density at radius 1 is 1.16 bits per heavy atom. The van der Waals surface area contributed by atoms with Crippen molar-refractivity contribution >= 4 is 17.5 Å². The summed E-state index contributed by atoms with van der Waals surface area (Å²) in [4.78, 5) is 15.8. The predicted octanol–water partition coefficient (Wildman–Crippen LogP) is 3.86. The first kappa shape index (κ1) is 14.6. The molecule has 0 atom stereocenters. The molecular weight excluding hydrogens is 254 g/mol. The molecule has 0 saturated carbocycles. The van der Waals surface area contributed by atoms with Gasteiger partial charge in [0.05, 0.1) is 0 Å². The second-order valence-corrected chi connectivity index (χ2v) is 6.37. The Labute approximate surface area is 120 Å². The van der Waals surface area contributed by atoms with Gasteiger partial charge >= 0.3 is 0 Å². The maximum absolute atomic E-state index is 12.1. The fourth-order valence-corrected chi connectivity index (χ4v) is 3.15. The molecule has 3 heteroatoms. The van der Waals surface area contributed by atoms with Crippen LogP contribution in [0.4, 0.5) is 0 Å². The fourth-order valence-electron chi connectivity index (χ4n) is 2.49. The third kappa shape index (κ3) is 4.66. The minimum absolute atomic E-state index is 0.277. The molecule has 1 aromatic carbocycles. The molecule has 0 amide bonds. The highest BCUT2D eigenvalue weighted by Gasteiger charge is 2.12. The average Bonchev–Trinajstić information content (AvgIpc) is 2.47. The van der Waals surface area contributed by atoms with Crippen LogP contribution in [-0.2, 0) is 0 Å². The summed E-state index contributed by atoms with van der Waals surface area (Å²) in [6.45, 7) is 5.39. The number of piperidine rings is 1. The molecule has 0 aromatic heterocycles. The van der Waals surface area contributed by atoms with Crippen molar-refractivity contribution in [1.29, 1.82) is 0 Å². The van der Waals surface area contributed by atoms with Crippen molar-refractivity contribution in [3.63, 3.8) is 0 Å². The first-order valence-corrected chi connectivity index (χ1v) is 8.26. The van der Waals surface area contributed by atoms with Crippen molar-refractivity contribution in [2.24, 2.45) is 0 Å². The number of Topliss-reactive ketones (excluding diaryl/α,β-unsaturated/α-hetero) is 1. The lowest BCUT2D eigenvalue weighted by Crippen LogP contribution is -2.31. The first-order valence-electron chi connectivity index (χ1n) is 7.28. The Morgan fingerprint density at radius 3 is 2.47 bits per heavy atom. The van der Waals surface area contributed by atoms with Crippen LogP contribution in [0.5, 0.6) is 0 Å². The molecule has 1 fully saturated rings. The van der Waals surface area contributed by atoms with Gasteiger partial charge in [0.15, 0.2) is 5.78 Å². The van der Waals surface area contributed by atoms with E-state index in [9.17, 15) is 4.79 Å². The smallest absolute Gasteiger partial charge is 0.164 e. The van der Waals surface area contributed by atoms with Crippen LogP contribution in [0.1, 0.15) is 43.0 Å². The molecule has 0 spiro atoms. The maximum Gasteiger partial charge on any atom is 0.164 e. The van der Waals surface area contributed by atoms with E-state index in [0.717, 1.165) is 17.9 Å². The van der Waals surface area contributed by atoms with Crippen molar-refractivity contribution in [3.8, 4) is 0 Å². The lowest BCUT2D eigenvalue weighted by molar-refractivity contribution is 0.0958. The molecule has 1 aliphatic rings. The number of carbonyl (C=O) groups is 1. The molecule has 1 aliphatic heterocycles. The second kappa shape index (κ2) is 7.71. The summed E-state index contributed by atoms with van der Waals surface area (Å²) in [6.07, 6.45) is 4.58. The van der Waals surface area contributed by atoms with Crippen molar-refractivity contribution in [2.45, 2.75) is 37.5 Å². The average molecular weight is 277 g/mol. The van der Waals surface area contributed by atoms with Gasteiger partial charge in [0.2, 0.25) is 0 Å². The Balaban J connectivity index is 1.81. The van der Waals surface area contributed by atoms with Gasteiger partial charge in [-0.2, -0.15) is 0 Å². The van der Waals surface area contributed by atoms with Crippen LogP contribution < -0.4 is 0 Å². The van der Waals surface area contributed by atoms with E-state index in [-0.39, 0.29) is 5.78 Å². The quantitative estimate of drug-likeness (QED) is 0.582. The normalized spacial score (nSPS) is 16.5. The monoisotopic (exact) mass is 277 g/mol. The maximum atomic E-state index is 12.1. The van der Waals surface area contributed by atoms with Crippen LogP contribution in [0.25, 0.3) is 0 Å². The summed E-state index contributed by atoms with van der Waals surface area (Å²) in [6, 6.07) is 8.05. The molecule has 0 unspecified atom stereocenters. The summed E-state index contributed by atoms with van der Waals surface area (Å²) in [5.74, 6) is 1.35. The molecular formula is C16H23NOS. The fraction of sp³-hybridized carbons (Fsp3) is 0.562. The lowest BCUT2D eigenvalue weighted by atomic mass is 10.1. The number of ketones is 1. The number of nitrogens with zero attached hydrogens (tertiary/aromatic N) is 1. The van der Waals surface area contributed by atoms with Gasteiger partial charge in [-0.1, -0.05) is 25.5 Å². The third-order valence-corrected chi connectivity index (χ3v) is 4.49. The minimum atomic E-state index is 0.277. The van der Waals surface area contributed by atoms with Crippen molar-refractivity contribution in [1.82, 2.24) is 4.90 Å². The largest absolute Gasteiger partial charge is 0.303 e. The second-order valence-electron chi connectivity index (χ2n) is 5.03. The van der Waals surface area contributed by atoms with Gasteiger partial charge in [0.1, 0.15) is 0 Å². The SMILES string of the molecule is CCSc1ccc(C(=O)CCN2CCCCC2)cc1. The van der Waals surface area contributed by atoms with Gasteiger partial charge in [0.25, 0.3) is 0 Å². The molecule has 1 aromatic rings. The molecule has 0 bridgehead atoms. The third-order valence-electron chi connectivity index (χ3n) is 3.59. The molecule has 2 nitrogen and oxygen atoms in total. The van der Waals surface area contributed by atoms with Gasteiger partial charge in [-0.15, -0.1) is 11.8 Å². The Kier molecular flexibility index (Phi) is 5.93. The van der Waals surface area contributed by atoms with Gasteiger partial charge < -0.3 is 4.90 Å². The number of hydrogen-bond donors (Lipinski definition) is 0. The van der Waals surface area contributed by atoms with Gasteiger partial charge in [-0.3, -0.25) is 4.79 Å². The molecule has 1 saturated heterocycles. The van der Waals surface area contributed by atoms with E-state index in [1.54, 1.807) is 0 Å². The van der Waals surface area contributed by atoms with E-state index in [1.165, 1.54) is 37.2 Å². The van der Waals surface area contributed by atoms with Crippen LogP contribution in [0.2, 0.25) is 0 Å². The van der Waals surface area contributed by atoms with Gasteiger partial charge in [0, 0.05) is 23.4 Å². The highest BCUT2D eigenvalue weighted by molar-refractivity contribution is 7.99. The highest BCUT2D eigenvalue weighted by atomic mass is 32.2. The first-order chi connectivity index (χ1) is 9.29. The molecule has 19 heavy (non-hydrogen) atoms. The zero-order valence-electron chi connectivity index (χ0n) is 11.7. The minimum Gasteiger partial charge on any atom is -0.303 e. The molecule has 0 N–H and O–H groups in total. The molecule has 104 valence electrons. The molecule has 1 heterocycles. The molecule has 0 radical (unpaired) electrons. The summed E-state index contributed by atoms with van der Waals surface area (Å²) in [7, 11) is 0. The Hall–Kier alpha value is -0.800. The lowest BCUT2D eigenvalue weighted by Gasteiger charge is -2.25. The number of carbonyl (C=O) groups excluding carboxylic acids is 1. The number of benzene rings is 1. The van der Waals surface area contributed by atoms with Crippen LogP contribution in [-0.4, -0.2) is 36.1 Å². The van der Waals surface area contributed by atoms with E-state index in [2.05, 4.69) is 24.0 Å². The summed E-state index contributed by atoms with van der Waals surface area (Å²) in [5, 5.41) is 0.